The Hall–Kier alpha value is -0.530. The molecule has 0 radical (unpaired) electrons. The van der Waals surface area contributed by atoms with Crippen molar-refractivity contribution in [2.24, 2.45) is 5.41 Å². The van der Waals surface area contributed by atoms with Gasteiger partial charge in [0.2, 0.25) is 0 Å². The van der Waals surface area contributed by atoms with E-state index in [1.807, 2.05) is 20.8 Å². The van der Waals surface area contributed by atoms with Gasteiger partial charge in [-0.3, -0.25) is 4.79 Å². The van der Waals surface area contributed by atoms with Crippen LogP contribution in [0.25, 0.3) is 0 Å². The van der Waals surface area contributed by atoms with Crippen molar-refractivity contribution in [1.82, 2.24) is 0 Å². The summed E-state index contributed by atoms with van der Waals surface area (Å²) in [5, 5.41) is 0. The summed E-state index contributed by atoms with van der Waals surface area (Å²) in [5.41, 5.74) is -0.322. The third-order valence-corrected chi connectivity index (χ3v) is 4.42. The molecule has 0 aromatic rings. The Bertz CT molecular complexity index is 246. The highest BCUT2D eigenvalue weighted by atomic mass is 16.5. The fraction of sp³-hybridized carbons (Fsp3) is 0.947. The summed E-state index contributed by atoms with van der Waals surface area (Å²) in [6, 6.07) is 0. The van der Waals surface area contributed by atoms with Crippen LogP contribution in [0.5, 0.6) is 0 Å². The Morgan fingerprint density at radius 3 is 1.62 bits per heavy atom. The van der Waals surface area contributed by atoms with E-state index < -0.39 is 0 Å². The lowest BCUT2D eigenvalue weighted by atomic mass is 9.91. The number of carbonyl (C=O) groups is 1. The standard InChI is InChI=1S/C19H38O2/c1-5-7-8-9-10-11-12-13-14-15-16-17-21-18(20)19(3,4)6-2/h5-17H2,1-4H3. The summed E-state index contributed by atoms with van der Waals surface area (Å²) >= 11 is 0. The molecule has 0 rings (SSSR count). The largest absolute Gasteiger partial charge is 0.465 e. The summed E-state index contributed by atoms with van der Waals surface area (Å²) in [6.45, 7) is 8.80. The Labute approximate surface area is 133 Å². The number of carbonyl (C=O) groups excluding carboxylic acids is 1. The molecule has 2 nitrogen and oxygen atoms in total. The van der Waals surface area contributed by atoms with Crippen molar-refractivity contribution in [3.05, 3.63) is 0 Å². The second-order valence-corrected chi connectivity index (χ2v) is 6.91. The average molecular weight is 299 g/mol. The van der Waals surface area contributed by atoms with Gasteiger partial charge in [0, 0.05) is 0 Å². The molecule has 0 N–H and O–H groups in total. The van der Waals surface area contributed by atoms with Crippen molar-refractivity contribution in [3.8, 4) is 0 Å². The van der Waals surface area contributed by atoms with Crippen LogP contribution in [-0.2, 0) is 9.53 Å². The number of hydrogen-bond donors (Lipinski definition) is 0. The molecule has 126 valence electrons. The van der Waals surface area contributed by atoms with E-state index >= 15 is 0 Å². The van der Waals surface area contributed by atoms with E-state index in [0.717, 1.165) is 12.8 Å². The molecule has 0 spiro atoms. The minimum Gasteiger partial charge on any atom is -0.465 e. The topological polar surface area (TPSA) is 26.3 Å². The van der Waals surface area contributed by atoms with Gasteiger partial charge in [-0.05, 0) is 26.7 Å². The lowest BCUT2D eigenvalue weighted by Gasteiger charge is -2.20. The number of esters is 1. The molecule has 0 atom stereocenters. The van der Waals surface area contributed by atoms with Crippen LogP contribution in [0, 0.1) is 5.41 Å². The summed E-state index contributed by atoms with van der Waals surface area (Å²) in [5.74, 6) is -0.0444. The highest BCUT2D eigenvalue weighted by Crippen LogP contribution is 2.21. The van der Waals surface area contributed by atoms with Gasteiger partial charge in [0.05, 0.1) is 12.0 Å². The second-order valence-electron chi connectivity index (χ2n) is 6.91. The Kier molecular flexibility index (Phi) is 12.8. The van der Waals surface area contributed by atoms with Crippen LogP contribution >= 0.6 is 0 Å². The third-order valence-electron chi connectivity index (χ3n) is 4.42. The third kappa shape index (κ3) is 11.8. The molecule has 0 saturated carbocycles. The van der Waals surface area contributed by atoms with E-state index in [1.165, 1.54) is 64.2 Å². The number of unbranched alkanes of at least 4 members (excludes halogenated alkanes) is 10. The van der Waals surface area contributed by atoms with Crippen molar-refractivity contribution in [3.63, 3.8) is 0 Å². The zero-order valence-electron chi connectivity index (χ0n) is 15.0. The minimum absolute atomic E-state index is 0.0444. The van der Waals surface area contributed by atoms with Gasteiger partial charge in [0.25, 0.3) is 0 Å². The highest BCUT2D eigenvalue weighted by molar-refractivity contribution is 5.75. The first-order valence-corrected chi connectivity index (χ1v) is 9.21. The smallest absolute Gasteiger partial charge is 0.311 e. The summed E-state index contributed by atoms with van der Waals surface area (Å²) in [4.78, 5) is 11.8. The van der Waals surface area contributed by atoms with Crippen LogP contribution in [0.15, 0.2) is 0 Å². The number of ether oxygens (including phenoxy) is 1. The Morgan fingerprint density at radius 1 is 0.762 bits per heavy atom. The molecule has 0 heterocycles. The summed E-state index contributed by atoms with van der Waals surface area (Å²) in [6.07, 6.45) is 15.4. The Balaban J connectivity index is 3.25. The van der Waals surface area contributed by atoms with Gasteiger partial charge in [0.1, 0.15) is 0 Å². The van der Waals surface area contributed by atoms with Crippen LogP contribution < -0.4 is 0 Å². The molecule has 21 heavy (non-hydrogen) atoms. The first-order valence-electron chi connectivity index (χ1n) is 9.21. The Morgan fingerprint density at radius 2 is 1.19 bits per heavy atom. The maximum absolute atomic E-state index is 11.8. The van der Waals surface area contributed by atoms with Crippen LogP contribution in [0.3, 0.4) is 0 Å². The van der Waals surface area contributed by atoms with E-state index in [-0.39, 0.29) is 11.4 Å². The molecule has 0 saturated heterocycles. The van der Waals surface area contributed by atoms with Gasteiger partial charge >= 0.3 is 5.97 Å². The van der Waals surface area contributed by atoms with E-state index in [2.05, 4.69) is 6.92 Å². The SMILES string of the molecule is CCCCCCCCCCCCCOC(=O)C(C)(C)CC. The van der Waals surface area contributed by atoms with Crippen LogP contribution in [0.1, 0.15) is 105 Å². The van der Waals surface area contributed by atoms with Crippen LogP contribution in [-0.4, -0.2) is 12.6 Å². The van der Waals surface area contributed by atoms with Gasteiger partial charge < -0.3 is 4.74 Å². The van der Waals surface area contributed by atoms with E-state index in [9.17, 15) is 4.79 Å². The van der Waals surface area contributed by atoms with Crippen molar-refractivity contribution in [2.45, 2.75) is 105 Å². The molecule has 0 bridgehead atoms. The van der Waals surface area contributed by atoms with Crippen molar-refractivity contribution in [2.75, 3.05) is 6.61 Å². The molecule has 0 aromatic carbocycles. The van der Waals surface area contributed by atoms with E-state index in [1.54, 1.807) is 0 Å². The molecule has 0 aliphatic heterocycles. The molecule has 0 aliphatic carbocycles. The van der Waals surface area contributed by atoms with Crippen LogP contribution in [0.2, 0.25) is 0 Å². The maximum atomic E-state index is 11.8. The average Bonchev–Trinajstić information content (AvgIpc) is 2.48. The van der Waals surface area contributed by atoms with Gasteiger partial charge in [-0.15, -0.1) is 0 Å². The molecule has 0 fully saturated rings. The zero-order chi connectivity index (χ0) is 16.0. The molecule has 0 amide bonds. The molecule has 0 unspecified atom stereocenters. The van der Waals surface area contributed by atoms with Gasteiger partial charge in [-0.1, -0.05) is 78.1 Å². The van der Waals surface area contributed by atoms with E-state index in [0.29, 0.717) is 6.61 Å². The predicted octanol–water partition coefficient (Wildman–Crippen LogP) is 6.28. The first kappa shape index (κ1) is 20.5. The van der Waals surface area contributed by atoms with Crippen molar-refractivity contribution >= 4 is 5.97 Å². The molecular formula is C19H38O2. The second kappa shape index (κ2) is 13.2. The lowest BCUT2D eigenvalue weighted by Crippen LogP contribution is -2.26. The van der Waals surface area contributed by atoms with Gasteiger partial charge in [-0.25, -0.2) is 0 Å². The van der Waals surface area contributed by atoms with E-state index in [4.69, 9.17) is 4.74 Å². The molecule has 0 aromatic heterocycles. The quantitative estimate of drug-likeness (QED) is 0.279. The number of rotatable bonds is 14. The zero-order valence-corrected chi connectivity index (χ0v) is 15.0. The molecular weight excluding hydrogens is 260 g/mol. The highest BCUT2D eigenvalue weighted by Gasteiger charge is 2.26. The molecule has 0 aliphatic rings. The lowest BCUT2D eigenvalue weighted by molar-refractivity contribution is -0.154. The predicted molar refractivity (Wildman–Crippen MR) is 91.5 cm³/mol. The fourth-order valence-corrected chi connectivity index (χ4v) is 2.27. The van der Waals surface area contributed by atoms with Gasteiger partial charge in [-0.2, -0.15) is 0 Å². The van der Waals surface area contributed by atoms with Crippen LogP contribution in [0.4, 0.5) is 0 Å². The normalized spacial score (nSPS) is 11.6. The van der Waals surface area contributed by atoms with Gasteiger partial charge in [0.15, 0.2) is 0 Å². The maximum Gasteiger partial charge on any atom is 0.311 e. The van der Waals surface area contributed by atoms with Crippen molar-refractivity contribution in [1.29, 1.82) is 0 Å². The number of hydrogen-bond acceptors (Lipinski definition) is 2. The monoisotopic (exact) mass is 298 g/mol. The molecule has 2 heteroatoms. The summed E-state index contributed by atoms with van der Waals surface area (Å²) in [7, 11) is 0. The summed E-state index contributed by atoms with van der Waals surface area (Å²) < 4.78 is 5.34. The fourth-order valence-electron chi connectivity index (χ4n) is 2.27. The van der Waals surface area contributed by atoms with Crippen molar-refractivity contribution < 1.29 is 9.53 Å². The minimum atomic E-state index is -0.322. The first-order chi connectivity index (χ1) is 10.0.